The van der Waals surface area contributed by atoms with Gasteiger partial charge in [-0.25, -0.2) is 0 Å². The standard InChI is InChI=1S/C11H23NO2/c1-3-5-6-8-10(13)9-12-11(14)7-4-2/h10,13H,3-9H2,1-2H3,(H,12,14). The molecule has 0 saturated carbocycles. The average molecular weight is 201 g/mol. The van der Waals surface area contributed by atoms with Crippen LogP contribution >= 0.6 is 0 Å². The van der Waals surface area contributed by atoms with Crippen molar-refractivity contribution in [3.05, 3.63) is 0 Å². The molecule has 0 fully saturated rings. The first kappa shape index (κ1) is 13.4. The topological polar surface area (TPSA) is 49.3 Å². The van der Waals surface area contributed by atoms with Crippen LogP contribution in [0.5, 0.6) is 0 Å². The van der Waals surface area contributed by atoms with Crippen LogP contribution in [0.4, 0.5) is 0 Å². The smallest absolute Gasteiger partial charge is 0.220 e. The van der Waals surface area contributed by atoms with Crippen LogP contribution in [-0.2, 0) is 4.79 Å². The van der Waals surface area contributed by atoms with E-state index in [4.69, 9.17) is 0 Å². The van der Waals surface area contributed by atoms with Crippen molar-refractivity contribution in [2.75, 3.05) is 6.54 Å². The van der Waals surface area contributed by atoms with Crippen molar-refractivity contribution in [2.24, 2.45) is 0 Å². The first-order valence-corrected chi connectivity index (χ1v) is 5.65. The molecule has 84 valence electrons. The highest BCUT2D eigenvalue weighted by molar-refractivity contribution is 5.75. The fraction of sp³-hybridized carbons (Fsp3) is 0.909. The third-order valence-electron chi connectivity index (χ3n) is 2.15. The van der Waals surface area contributed by atoms with Crippen molar-refractivity contribution >= 4 is 5.91 Å². The molecule has 0 bridgehead atoms. The molecule has 1 amide bonds. The number of aliphatic hydroxyl groups excluding tert-OH is 1. The Morgan fingerprint density at radius 2 is 2.00 bits per heavy atom. The SMILES string of the molecule is CCCCCC(O)CNC(=O)CCC. The molecule has 0 rings (SSSR count). The molecule has 0 radical (unpaired) electrons. The van der Waals surface area contributed by atoms with E-state index in [1.54, 1.807) is 0 Å². The number of rotatable bonds is 8. The maximum absolute atomic E-state index is 11.1. The Kier molecular flexibility index (Phi) is 8.64. The van der Waals surface area contributed by atoms with Gasteiger partial charge in [0.15, 0.2) is 0 Å². The third kappa shape index (κ3) is 8.05. The number of aliphatic hydroxyl groups is 1. The Balaban J connectivity index is 3.33. The number of hydrogen-bond donors (Lipinski definition) is 2. The zero-order valence-corrected chi connectivity index (χ0v) is 9.38. The highest BCUT2D eigenvalue weighted by Crippen LogP contribution is 2.02. The molecular weight excluding hydrogens is 178 g/mol. The van der Waals surface area contributed by atoms with Gasteiger partial charge >= 0.3 is 0 Å². The number of unbranched alkanes of at least 4 members (excludes halogenated alkanes) is 2. The number of amides is 1. The maximum atomic E-state index is 11.1. The first-order valence-electron chi connectivity index (χ1n) is 5.65. The summed E-state index contributed by atoms with van der Waals surface area (Å²) < 4.78 is 0. The molecule has 0 heterocycles. The van der Waals surface area contributed by atoms with E-state index < -0.39 is 0 Å². The van der Waals surface area contributed by atoms with E-state index in [1.165, 1.54) is 0 Å². The van der Waals surface area contributed by atoms with E-state index >= 15 is 0 Å². The predicted molar refractivity (Wildman–Crippen MR) is 58.1 cm³/mol. The van der Waals surface area contributed by atoms with Gasteiger partial charge in [-0.15, -0.1) is 0 Å². The Morgan fingerprint density at radius 1 is 1.29 bits per heavy atom. The maximum Gasteiger partial charge on any atom is 0.220 e. The highest BCUT2D eigenvalue weighted by Gasteiger charge is 2.05. The molecule has 0 aromatic carbocycles. The molecule has 0 saturated heterocycles. The highest BCUT2D eigenvalue weighted by atomic mass is 16.3. The van der Waals surface area contributed by atoms with E-state index in [1.807, 2.05) is 6.92 Å². The van der Waals surface area contributed by atoms with E-state index in [2.05, 4.69) is 12.2 Å². The molecule has 0 spiro atoms. The van der Waals surface area contributed by atoms with Crippen LogP contribution in [-0.4, -0.2) is 23.7 Å². The molecule has 14 heavy (non-hydrogen) atoms. The molecule has 0 aliphatic carbocycles. The van der Waals surface area contributed by atoms with Gasteiger partial charge in [-0.05, 0) is 12.8 Å². The summed E-state index contributed by atoms with van der Waals surface area (Å²) in [5.41, 5.74) is 0. The van der Waals surface area contributed by atoms with Crippen LogP contribution in [0.3, 0.4) is 0 Å². The largest absolute Gasteiger partial charge is 0.391 e. The number of carbonyl (C=O) groups is 1. The predicted octanol–water partition coefficient (Wildman–Crippen LogP) is 1.84. The van der Waals surface area contributed by atoms with Gasteiger partial charge in [0, 0.05) is 13.0 Å². The van der Waals surface area contributed by atoms with Crippen molar-refractivity contribution in [1.29, 1.82) is 0 Å². The van der Waals surface area contributed by atoms with E-state index in [0.717, 1.165) is 32.1 Å². The lowest BCUT2D eigenvalue weighted by atomic mass is 10.1. The van der Waals surface area contributed by atoms with Gasteiger partial charge in [-0.2, -0.15) is 0 Å². The summed E-state index contributed by atoms with van der Waals surface area (Å²) in [4.78, 5) is 11.1. The molecule has 1 atom stereocenters. The van der Waals surface area contributed by atoms with Gasteiger partial charge in [0.05, 0.1) is 6.10 Å². The van der Waals surface area contributed by atoms with Gasteiger partial charge in [0.1, 0.15) is 0 Å². The van der Waals surface area contributed by atoms with Gasteiger partial charge in [-0.3, -0.25) is 4.79 Å². The Bertz CT molecular complexity index is 148. The second kappa shape index (κ2) is 9.00. The summed E-state index contributed by atoms with van der Waals surface area (Å²) in [5.74, 6) is 0.0436. The summed E-state index contributed by atoms with van der Waals surface area (Å²) in [6.45, 7) is 4.51. The summed E-state index contributed by atoms with van der Waals surface area (Å²) in [6.07, 6.45) is 5.19. The van der Waals surface area contributed by atoms with Crippen molar-refractivity contribution in [2.45, 2.75) is 58.5 Å². The van der Waals surface area contributed by atoms with Crippen LogP contribution < -0.4 is 5.32 Å². The summed E-state index contributed by atoms with van der Waals surface area (Å²) >= 11 is 0. The minimum Gasteiger partial charge on any atom is -0.391 e. The Morgan fingerprint density at radius 3 is 2.57 bits per heavy atom. The second-order valence-electron chi connectivity index (χ2n) is 3.70. The lowest BCUT2D eigenvalue weighted by molar-refractivity contribution is -0.121. The van der Waals surface area contributed by atoms with Gasteiger partial charge in [-0.1, -0.05) is 33.1 Å². The molecule has 1 unspecified atom stereocenters. The van der Waals surface area contributed by atoms with Crippen LogP contribution in [0.15, 0.2) is 0 Å². The normalized spacial score (nSPS) is 12.5. The summed E-state index contributed by atoms with van der Waals surface area (Å²) in [7, 11) is 0. The average Bonchev–Trinajstić information content (AvgIpc) is 2.16. The van der Waals surface area contributed by atoms with E-state index in [-0.39, 0.29) is 12.0 Å². The lowest BCUT2D eigenvalue weighted by Gasteiger charge is -2.11. The van der Waals surface area contributed by atoms with E-state index in [0.29, 0.717) is 13.0 Å². The minimum atomic E-state index is -0.373. The van der Waals surface area contributed by atoms with Crippen molar-refractivity contribution in [1.82, 2.24) is 5.32 Å². The van der Waals surface area contributed by atoms with Gasteiger partial charge < -0.3 is 10.4 Å². The lowest BCUT2D eigenvalue weighted by Crippen LogP contribution is -2.31. The van der Waals surface area contributed by atoms with Crippen LogP contribution in [0, 0.1) is 0 Å². The molecule has 0 aliphatic heterocycles. The zero-order chi connectivity index (χ0) is 10.8. The van der Waals surface area contributed by atoms with Gasteiger partial charge in [0.25, 0.3) is 0 Å². The molecule has 2 N–H and O–H groups in total. The van der Waals surface area contributed by atoms with Gasteiger partial charge in [0.2, 0.25) is 5.91 Å². The van der Waals surface area contributed by atoms with Crippen molar-refractivity contribution in [3.8, 4) is 0 Å². The first-order chi connectivity index (χ1) is 6.70. The van der Waals surface area contributed by atoms with Crippen LogP contribution in [0.1, 0.15) is 52.4 Å². The quantitative estimate of drug-likeness (QED) is 0.589. The third-order valence-corrected chi connectivity index (χ3v) is 2.15. The number of carbonyl (C=O) groups excluding carboxylic acids is 1. The fourth-order valence-electron chi connectivity index (χ4n) is 1.28. The Labute approximate surface area is 86.9 Å². The molecular formula is C11H23NO2. The minimum absolute atomic E-state index is 0.0436. The molecule has 0 aromatic rings. The number of nitrogens with one attached hydrogen (secondary N) is 1. The molecule has 3 heteroatoms. The molecule has 0 aliphatic rings. The Hall–Kier alpha value is -0.570. The zero-order valence-electron chi connectivity index (χ0n) is 9.38. The fourth-order valence-corrected chi connectivity index (χ4v) is 1.28. The van der Waals surface area contributed by atoms with Crippen molar-refractivity contribution in [3.63, 3.8) is 0 Å². The molecule has 3 nitrogen and oxygen atoms in total. The summed E-state index contributed by atoms with van der Waals surface area (Å²) in [5, 5.41) is 12.2. The monoisotopic (exact) mass is 201 g/mol. The van der Waals surface area contributed by atoms with Crippen molar-refractivity contribution < 1.29 is 9.90 Å². The van der Waals surface area contributed by atoms with Crippen LogP contribution in [0.2, 0.25) is 0 Å². The van der Waals surface area contributed by atoms with E-state index in [9.17, 15) is 9.90 Å². The number of hydrogen-bond acceptors (Lipinski definition) is 2. The summed E-state index contributed by atoms with van der Waals surface area (Å²) in [6, 6.07) is 0. The second-order valence-corrected chi connectivity index (χ2v) is 3.70. The molecule has 0 aromatic heterocycles. The van der Waals surface area contributed by atoms with Crippen LogP contribution in [0.25, 0.3) is 0 Å².